The van der Waals surface area contributed by atoms with Crippen molar-refractivity contribution in [2.24, 2.45) is 0 Å². The van der Waals surface area contributed by atoms with Crippen molar-refractivity contribution in [1.82, 2.24) is 10.3 Å². The summed E-state index contributed by atoms with van der Waals surface area (Å²) in [6.45, 7) is 0. The Balaban J connectivity index is 1.52. The second kappa shape index (κ2) is 6.63. The van der Waals surface area contributed by atoms with Gasteiger partial charge in [0.1, 0.15) is 5.15 Å². The predicted molar refractivity (Wildman–Crippen MR) is 112 cm³/mol. The zero-order valence-electron chi connectivity index (χ0n) is 14.5. The van der Waals surface area contributed by atoms with E-state index in [9.17, 15) is 4.79 Å². The predicted octanol–water partition coefficient (Wildman–Crippen LogP) is 5.91. The summed E-state index contributed by atoms with van der Waals surface area (Å²) in [7, 11) is 0. The van der Waals surface area contributed by atoms with Crippen LogP contribution in [0, 0.1) is 0 Å². The second-order valence-corrected chi connectivity index (χ2v) is 8.30. The Kier molecular flexibility index (Phi) is 4.10. The second-order valence-electron chi connectivity index (χ2n) is 6.89. The first-order chi connectivity index (χ1) is 13.2. The van der Waals surface area contributed by atoms with E-state index in [1.165, 1.54) is 22.5 Å². The lowest BCUT2D eigenvalue weighted by Gasteiger charge is -2.26. The average molecular weight is 393 g/mol. The van der Waals surface area contributed by atoms with Crippen LogP contribution in [0.2, 0.25) is 5.15 Å². The number of pyridine rings is 1. The SMILES string of the molecule is O=C(N[C@H]1CCCc2ccccc21)c1cc2c(Cl)nc3ccccc3c2s1. The van der Waals surface area contributed by atoms with E-state index in [0.717, 1.165) is 40.3 Å². The molecule has 4 aromatic rings. The molecular formula is C22H17ClN2OS. The third-order valence-electron chi connectivity index (χ3n) is 5.22. The summed E-state index contributed by atoms with van der Waals surface area (Å²) in [4.78, 5) is 18.1. The van der Waals surface area contributed by atoms with Crippen LogP contribution in [0.15, 0.2) is 54.6 Å². The fraction of sp³-hybridized carbons (Fsp3) is 0.182. The van der Waals surface area contributed by atoms with E-state index >= 15 is 0 Å². The molecule has 1 aliphatic rings. The zero-order chi connectivity index (χ0) is 18.4. The highest BCUT2D eigenvalue weighted by molar-refractivity contribution is 7.21. The van der Waals surface area contributed by atoms with Gasteiger partial charge in [-0.2, -0.15) is 0 Å². The van der Waals surface area contributed by atoms with Gasteiger partial charge in [-0.05, 0) is 42.5 Å². The molecule has 1 atom stereocenters. The molecule has 0 aliphatic heterocycles. The molecule has 1 amide bonds. The van der Waals surface area contributed by atoms with Gasteiger partial charge >= 0.3 is 0 Å². The first-order valence-electron chi connectivity index (χ1n) is 9.07. The van der Waals surface area contributed by atoms with Crippen LogP contribution in [0.4, 0.5) is 0 Å². The lowest BCUT2D eigenvalue weighted by atomic mass is 9.88. The van der Waals surface area contributed by atoms with Gasteiger partial charge < -0.3 is 5.32 Å². The largest absolute Gasteiger partial charge is 0.345 e. The van der Waals surface area contributed by atoms with Gasteiger partial charge in [-0.3, -0.25) is 4.79 Å². The number of aromatic nitrogens is 1. The quantitative estimate of drug-likeness (QED) is 0.431. The third kappa shape index (κ3) is 2.89. The Morgan fingerprint density at radius 2 is 1.93 bits per heavy atom. The summed E-state index contributed by atoms with van der Waals surface area (Å²) in [5.41, 5.74) is 3.43. The number of thiophene rings is 1. The molecule has 0 unspecified atom stereocenters. The van der Waals surface area contributed by atoms with Gasteiger partial charge in [0.05, 0.1) is 16.4 Å². The smallest absolute Gasteiger partial charge is 0.261 e. The van der Waals surface area contributed by atoms with E-state index in [1.54, 1.807) is 0 Å². The van der Waals surface area contributed by atoms with Crippen molar-refractivity contribution in [3.05, 3.63) is 75.8 Å². The zero-order valence-corrected chi connectivity index (χ0v) is 16.1. The number of hydrogen-bond donors (Lipinski definition) is 1. The van der Waals surface area contributed by atoms with Gasteiger partial charge in [-0.1, -0.05) is 54.1 Å². The number of carbonyl (C=O) groups excluding carboxylic acids is 1. The Hall–Kier alpha value is -2.43. The van der Waals surface area contributed by atoms with E-state index in [4.69, 9.17) is 11.6 Å². The lowest BCUT2D eigenvalue weighted by Crippen LogP contribution is -2.30. The fourth-order valence-corrected chi connectivity index (χ4v) is 5.31. The van der Waals surface area contributed by atoms with E-state index in [1.807, 2.05) is 36.4 Å². The number of benzene rings is 2. The van der Waals surface area contributed by atoms with Crippen LogP contribution in [0.5, 0.6) is 0 Å². The van der Waals surface area contributed by atoms with Crippen molar-refractivity contribution in [3.63, 3.8) is 0 Å². The standard InChI is InChI=1S/C22H17ClN2OS/c23-21-16-12-19(27-20(16)15-9-3-4-10-18(15)24-21)22(26)25-17-11-5-7-13-6-1-2-8-14(13)17/h1-4,6,8-10,12,17H,5,7,11H2,(H,25,26)/t17-/m0/s1. The highest BCUT2D eigenvalue weighted by Gasteiger charge is 2.23. The van der Waals surface area contributed by atoms with E-state index in [0.29, 0.717) is 10.0 Å². The first kappa shape index (κ1) is 16.7. The minimum Gasteiger partial charge on any atom is -0.345 e. The molecule has 0 saturated heterocycles. The lowest BCUT2D eigenvalue weighted by molar-refractivity contribution is 0.0937. The first-order valence-corrected chi connectivity index (χ1v) is 10.3. The van der Waals surface area contributed by atoms with Crippen LogP contribution in [0.3, 0.4) is 0 Å². The number of nitrogens with zero attached hydrogens (tertiary/aromatic N) is 1. The summed E-state index contributed by atoms with van der Waals surface area (Å²) in [6.07, 6.45) is 3.15. The molecule has 1 aliphatic carbocycles. The number of rotatable bonds is 2. The molecular weight excluding hydrogens is 376 g/mol. The summed E-state index contributed by atoms with van der Waals surface area (Å²) in [6, 6.07) is 18.2. The average Bonchev–Trinajstić information content (AvgIpc) is 3.15. The van der Waals surface area contributed by atoms with Crippen LogP contribution in [-0.2, 0) is 6.42 Å². The molecule has 0 fully saturated rings. The molecule has 5 rings (SSSR count). The summed E-state index contributed by atoms with van der Waals surface area (Å²) in [5.74, 6) is -0.0435. The van der Waals surface area contributed by atoms with E-state index in [2.05, 4.69) is 28.5 Å². The summed E-state index contributed by atoms with van der Waals surface area (Å²) < 4.78 is 1.01. The van der Waals surface area contributed by atoms with Gasteiger partial charge in [0, 0.05) is 15.5 Å². The number of amides is 1. The Morgan fingerprint density at radius 3 is 2.85 bits per heavy atom. The maximum Gasteiger partial charge on any atom is 0.261 e. The minimum absolute atomic E-state index is 0.0435. The molecule has 0 spiro atoms. The Bertz CT molecular complexity index is 1180. The Morgan fingerprint density at radius 1 is 1.11 bits per heavy atom. The number of halogens is 1. The highest BCUT2D eigenvalue weighted by Crippen LogP contribution is 2.36. The van der Waals surface area contributed by atoms with Crippen LogP contribution >= 0.6 is 22.9 Å². The van der Waals surface area contributed by atoms with Gasteiger partial charge in [0.25, 0.3) is 5.91 Å². The molecule has 0 radical (unpaired) electrons. The van der Waals surface area contributed by atoms with Gasteiger partial charge in [-0.25, -0.2) is 4.98 Å². The number of hydrogen-bond acceptors (Lipinski definition) is 3. The highest BCUT2D eigenvalue weighted by atomic mass is 35.5. The van der Waals surface area contributed by atoms with Crippen molar-refractivity contribution in [2.45, 2.75) is 25.3 Å². The fourth-order valence-electron chi connectivity index (χ4n) is 3.92. The third-order valence-corrected chi connectivity index (χ3v) is 6.68. The number of para-hydroxylation sites is 1. The van der Waals surface area contributed by atoms with Crippen LogP contribution < -0.4 is 5.32 Å². The van der Waals surface area contributed by atoms with Crippen LogP contribution in [-0.4, -0.2) is 10.9 Å². The van der Waals surface area contributed by atoms with Gasteiger partial charge in [-0.15, -0.1) is 11.3 Å². The molecule has 2 aromatic carbocycles. The van der Waals surface area contributed by atoms with Crippen molar-refractivity contribution in [3.8, 4) is 0 Å². The molecule has 0 bridgehead atoms. The van der Waals surface area contributed by atoms with Crippen LogP contribution in [0.25, 0.3) is 21.0 Å². The Labute approximate surface area is 166 Å². The normalized spacial score (nSPS) is 16.4. The summed E-state index contributed by atoms with van der Waals surface area (Å²) >= 11 is 7.86. The van der Waals surface area contributed by atoms with Gasteiger partial charge in [0.15, 0.2) is 0 Å². The number of carbonyl (C=O) groups is 1. The maximum absolute atomic E-state index is 13.0. The molecule has 0 saturated carbocycles. The van der Waals surface area contributed by atoms with Crippen molar-refractivity contribution in [1.29, 1.82) is 0 Å². The van der Waals surface area contributed by atoms with E-state index in [-0.39, 0.29) is 11.9 Å². The topological polar surface area (TPSA) is 42.0 Å². The number of fused-ring (bicyclic) bond motifs is 4. The number of nitrogens with one attached hydrogen (secondary N) is 1. The van der Waals surface area contributed by atoms with Crippen molar-refractivity contribution >= 4 is 49.8 Å². The molecule has 3 nitrogen and oxygen atoms in total. The minimum atomic E-state index is -0.0435. The summed E-state index contributed by atoms with van der Waals surface area (Å²) in [5, 5.41) is 5.55. The molecule has 134 valence electrons. The van der Waals surface area contributed by atoms with Crippen LogP contribution in [0.1, 0.15) is 39.7 Å². The number of aryl methyl sites for hydroxylation is 1. The van der Waals surface area contributed by atoms with Crippen molar-refractivity contribution < 1.29 is 4.79 Å². The maximum atomic E-state index is 13.0. The molecule has 2 aromatic heterocycles. The molecule has 1 N–H and O–H groups in total. The molecule has 5 heteroatoms. The monoisotopic (exact) mass is 392 g/mol. The van der Waals surface area contributed by atoms with Gasteiger partial charge in [0.2, 0.25) is 0 Å². The molecule has 27 heavy (non-hydrogen) atoms. The van der Waals surface area contributed by atoms with E-state index < -0.39 is 0 Å². The van der Waals surface area contributed by atoms with Crippen molar-refractivity contribution in [2.75, 3.05) is 0 Å². The molecule has 2 heterocycles.